The molecule has 0 saturated carbocycles. The van der Waals surface area contributed by atoms with Crippen molar-refractivity contribution in [2.24, 2.45) is 0 Å². The molecule has 1 aromatic heterocycles. The Kier molecular flexibility index (Phi) is 3.25. The van der Waals surface area contributed by atoms with Crippen molar-refractivity contribution in [3.8, 4) is 11.5 Å². The minimum atomic E-state index is 0.564. The molecule has 4 nitrogen and oxygen atoms in total. The molecule has 0 amide bonds. The molecule has 6 heteroatoms. The fourth-order valence-electron chi connectivity index (χ4n) is 1.71. The van der Waals surface area contributed by atoms with E-state index in [1.165, 1.54) is 0 Å². The number of rotatable bonds is 3. The predicted octanol–water partition coefficient (Wildman–Crippen LogP) is 3.18. The third kappa shape index (κ3) is 2.37. The molecule has 0 radical (unpaired) electrons. The van der Waals surface area contributed by atoms with Gasteiger partial charge in [-0.25, -0.2) is 4.98 Å². The molecule has 2 aromatic rings. The van der Waals surface area contributed by atoms with E-state index < -0.39 is 0 Å². The predicted molar refractivity (Wildman–Crippen MR) is 71.9 cm³/mol. The zero-order valence-electron chi connectivity index (χ0n) is 9.48. The van der Waals surface area contributed by atoms with Crippen LogP contribution in [0.25, 0.3) is 0 Å². The van der Waals surface area contributed by atoms with Gasteiger partial charge in [0.15, 0.2) is 11.5 Å². The first-order valence-corrected chi connectivity index (χ1v) is 6.85. The Morgan fingerprint density at radius 3 is 2.78 bits per heavy atom. The number of hydrogen-bond acceptors (Lipinski definition) is 5. The van der Waals surface area contributed by atoms with Crippen LogP contribution in [0.1, 0.15) is 5.69 Å². The number of benzene rings is 1. The van der Waals surface area contributed by atoms with Crippen LogP contribution in [0.5, 0.6) is 11.5 Å². The molecule has 3 rings (SSSR count). The van der Waals surface area contributed by atoms with Crippen LogP contribution in [0.4, 0.5) is 5.69 Å². The van der Waals surface area contributed by atoms with Crippen LogP contribution in [-0.4, -0.2) is 18.2 Å². The molecule has 0 aliphatic carbocycles. The summed E-state index contributed by atoms with van der Waals surface area (Å²) in [4.78, 5) is 4.21. The first-order valence-electron chi connectivity index (χ1n) is 5.53. The second-order valence-electron chi connectivity index (χ2n) is 3.81. The number of thiazole rings is 1. The minimum Gasteiger partial charge on any atom is -0.486 e. The maximum Gasteiger partial charge on any atom is 0.163 e. The topological polar surface area (TPSA) is 43.4 Å². The SMILES string of the molecule is Clc1cc2c(cc1NCc1cscn1)OCCO2. The molecule has 1 aromatic carbocycles. The molecular formula is C12H11ClN2O2S. The number of fused-ring (bicyclic) bond motifs is 1. The molecule has 0 saturated heterocycles. The maximum absolute atomic E-state index is 6.19. The van der Waals surface area contributed by atoms with Gasteiger partial charge in [0.1, 0.15) is 13.2 Å². The molecule has 0 fully saturated rings. The van der Waals surface area contributed by atoms with E-state index in [0.29, 0.717) is 30.5 Å². The van der Waals surface area contributed by atoms with Crippen molar-refractivity contribution in [2.45, 2.75) is 6.54 Å². The number of aromatic nitrogens is 1. The lowest BCUT2D eigenvalue weighted by Gasteiger charge is -2.20. The highest BCUT2D eigenvalue weighted by atomic mass is 35.5. The largest absolute Gasteiger partial charge is 0.486 e. The van der Waals surface area contributed by atoms with Gasteiger partial charge >= 0.3 is 0 Å². The Balaban J connectivity index is 1.79. The quantitative estimate of drug-likeness (QED) is 0.939. The van der Waals surface area contributed by atoms with E-state index in [2.05, 4.69) is 10.3 Å². The fourth-order valence-corrected chi connectivity index (χ4v) is 2.49. The smallest absolute Gasteiger partial charge is 0.163 e. The molecule has 0 atom stereocenters. The second-order valence-corrected chi connectivity index (χ2v) is 4.93. The average Bonchev–Trinajstić information content (AvgIpc) is 2.89. The number of hydrogen-bond donors (Lipinski definition) is 1. The van der Waals surface area contributed by atoms with E-state index in [0.717, 1.165) is 17.1 Å². The van der Waals surface area contributed by atoms with Crippen molar-refractivity contribution >= 4 is 28.6 Å². The molecule has 94 valence electrons. The van der Waals surface area contributed by atoms with Crippen molar-refractivity contribution in [3.05, 3.63) is 33.7 Å². The van der Waals surface area contributed by atoms with Crippen molar-refractivity contribution < 1.29 is 9.47 Å². The summed E-state index contributed by atoms with van der Waals surface area (Å²) in [7, 11) is 0. The lowest BCUT2D eigenvalue weighted by molar-refractivity contribution is 0.171. The highest BCUT2D eigenvalue weighted by molar-refractivity contribution is 7.07. The van der Waals surface area contributed by atoms with E-state index in [-0.39, 0.29) is 0 Å². The number of nitrogens with zero attached hydrogens (tertiary/aromatic N) is 1. The van der Waals surface area contributed by atoms with Crippen LogP contribution in [-0.2, 0) is 6.54 Å². The standard InChI is InChI=1S/C12H11ClN2O2S/c13-9-3-11-12(17-2-1-16-11)4-10(9)14-5-8-6-18-7-15-8/h3-4,6-7,14H,1-2,5H2. The van der Waals surface area contributed by atoms with Gasteiger partial charge in [-0.1, -0.05) is 11.6 Å². The number of halogens is 1. The van der Waals surface area contributed by atoms with Gasteiger partial charge in [-0.05, 0) is 0 Å². The van der Waals surface area contributed by atoms with Crippen molar-refractivity contribution in [2.75, 3.05) is 18.5 Å². The molecule has 1 aliphatic heterocycles. The highest BCUT2D eigenvalue weighted by Crippen LogP contribution is 2.38. The Morgan fingerprint density at radius 2 is 2.06 bits per heavy atom. The second kappa shape index (κ2) is 5.04. The van der Waals surface area contributed by atoms with Gasteiger partial charge in [0, 0.05) is 17.5 Å². The van der Waals surface area contributed by atoms with Crippen molar-refractivity contribution in [1.82, 2.24) is 4.98 Å². The first-order chi connectivity index (χ1) is 8.83. The Hall–Kier alpha value is -1.46. The van der Waals surface area contributed by atoms with Crippen LogP contribution >= 0.6 is 22.9 Å². The van der Waals surface area contributed by atoms with Gasteiger partial charge in [-0.2, -0.15) is 0 Å². The molecule has 0 bridgehead atoms. The fraction of sp³-hybridized carbons (Fsp3) is 0.250. The minimum absolute atomic E-state index is 0.564. The zero-order valence-corrected chi connectivity index (χ0v) is 11.1. The third-order valence-electron chi connectivity index (χ3n) is 2.58. The Bertz CT molecular complexity index is 545. The lowest BCUT2D eigenvalue weighted by atomic mass is 10.2. The molecule has 18 heavy (non-hydrogen) atoms. The highest BCUT2D eigenvalue weighted by Gasteiger charge is 2.14. The van der Waals surface area contributed by atoms with Crippen LogP contribution in [0, 0.1) is 0 Å². The summed E-state index contributed by atoms with van der Waals surface area (Å²) in [5, 5.41) is 5.86. The molecular weight excluding hydrogens is 272 g/mol. The number of ether oxygens (including phenoxy) is 2. The monoisotopic (exact) mass is 282 g/mol. The van der Waals surface area contributed by atoms with Gasteiger partial charge in [-0.15, -0.1) is 11.3 Å². The molecule has 1 aliphatic rings. The molecule has 1 N–H and O–H groups in total. The number of anilines is 1. The molecule has 0 spiro atoms. The van der Waals surface area contributed by atoms with E-state index in [9.17, 15) is 0 Å². The van der Waals surface area contributed by atoms with Crippen molar-refractivity contribution in [1.29, 1.82) is 0 Å². The average molecular weight is 283 g/mol. The maximum atomic E-state index is 6.19. The lowest BCUT2D eigenvalue weighted by Crippen LogP contribution is -2.15. The Morgan fingerprint density at radius 1 is 1.28 bits per heavy atom. The van der Waals surface area contributed by atoms with E-state index in [1.54, 1.807) is 17.4 Å². The van der Waals surface area contributed by atoms with E-state index in [1.807, 2.05) is 17.0 Å². The Labute approximate surface area is 114 Å². The molecule has 2 heterocycles. The summed E-state index contributed by atoms with van der Waals surface area (Å²) < 4.78 is 11.0. The zero-order chi connectivity index (χ0) is 12.4. The summed E-state index contributed by atoms with van der Waals surface area (Å²) in [6.45, 7) is 1.78. The van der Waals surface area contributed by atoms with Gasteiger partial charge in [0.2, 0.25) is 0 Å². The van der Waals surface area contributed by atoms with Crippen LogP contribution in [0.2, 0.25) is 5.02 Å². The first kappa shape index (κ1) is 11.6. The van der Waals surface area contributed by atoms with Crippen LogP contribution in [0.3, 0.4) is 0 Å². The summed E-state index contributed by atoms with van der Waals surface area (Å²) in [5.74, 6) is 1.43. The summed E-state index contributed by atoms with van der Waals surface area (Å²) in [6, 6.07) is 3.64. The van der Waals surface area contributed by atoms with Crippen molar-refractivity contribution in [3.63, 3.8) is 0 Å². The summed E-state index contributed by atoms with van der Waals surface area (Å²) in [5.41, 5.74) is 3.63. The van der Waals surface area contributed by atoms with Crippen LogP contribution in [0.15, 0.2) is 23.0 Å². The van der Waals surface area contributed by atoms with Gasteiger partial charge in [0.25, 0.3) is 0 Å². The summed E-state index contributed by atoms with van der Waals surface area (Å²) in [6.07, 6.45) is 0. The normalized spacial score (nSPS) is 13.4. The van der Waals surface area contributed by atoms with Gasteiger partial charge in [-0.3, -0.25) is 0 Å². The third-order valence-corrected chi connectivity index (χ3v) is 3.52. The van der Waals surface area contributed by atoms with Gasteiger partial charge in [0.05, 0.1) is 28.5 Å². The molecule has 0 unspecified atom stereocenters. The van der Waals surface area contributed by atoms with Crippen LogP contribution < -0.4 is 14.8 Å². The van der Waals surface area contributed by atoms with E-state index >= 15 is 0 Å². The van der Waals surface area contributed by atoms with Gasteiger partial charge < -0.3 is 14.8 Å². The van der Waals surface area contributed by atoms with E-state index in [4.69, 9.17) is 21.1 Å². The number of nitrogens with one attached hydrogen (secondary N) is 1. The summed E-state index contributed by atoms with van der Waals surface area (Å²) >= 11 is 7.76.